The number of hydrogen-bond acceptors (Lipinski definition) is 3. The third-order valence-corrected chi connectivity index (χ3v) is 5.63. The van der Waals surface area contributed by atoms with E-state index in [-0.39, 0.29) is 11.5 Å². The average Bonchev–Trinajstić information content (AvgIpc) is 2.79. The van der Waals surface area contributed by atoms with Crippen molar-refractivity contribution in [2.24, 2.45) is 4.99 Å². The molecule has 31 heavy (non-hydrogen) atoms. The lowest BCUT2D eigenvalue weighted by molar-refractivity contribution is 0.474. The Morgan fingerprint density at radius 2 is 1.26 bits per heavy atom. The predicted octanol–water partition coefficient (Wildman–Crippen LogP) is 7.48. The second-order valence-corrected chi connectivity index (χ2v) is 7.76. The Kier molecular flexibility index (Phi) is 4.81. The number of benzene rings is 5. The lowest BCUT2D eigenvalue weighted by atomic mass is 9.92. The van der Waals surface area contributed by atoms with Gasteiger partial charge in [0.1, 0.15) is 11.5 Å². The van der Waals surface area contributed by atoms with Gasteiger partial charge in [-0.2, -0.15) is 0 Å². The number of nitrogens with zero attached hydrogens (tertiary/aromatic N) is 1. The summed E-state index contributed by atoms with van der Waals surface area (Å²) >= 11 is 6.08. The van der Waals surface area contributed by atoms with Crippen LogP contribution in [0.5, 0.6) is 11.5 Å². The van der Waals surface area contributed by atoms with Gasteiger partial charge in [-0.25, -0.2) is 0 Å². The standard InChI is InChI=1S/C27H18ClNO2/c28-20-11-14-24(30)19(15-20)16-29-23-12-9-17-5-1-3-7-21(17)26(23)27-22-8-4-2-6-18(22)10-13-25(27)31/h1-16,30-31H. The average molecular weight is 424 g/mol. The molecule has 0 bridgehead atoms. The number of aromatic hydroxyl groups is 2. The Balaban J connectivity index is 1.81. The molecule has 0 saturated carbocycles. The van der Waals surface area contributed by atoms with Crippen molar-refractivity contribution in [2.45, 2.75) is 0 Å². The highest BCUT2D eigenvalue weighted by Crippen LogP contribution is 2.45. The number of phenols is 2. The second-order valence-electron chi connectivity index (χ2n) is 7.32. The van der Waals surface area contributed by atoms with Gasteiger partial charge in [-0.05, 0) is 51.9 Å². The summed E-state index contributed by atoms with van der Waals surface area (Å²) in [5.74, 6) is 0.292. The summed E-state index contributed by atoms with van der Waals surface area (Å²) in [4.78, 5) is 4.70. The fraction of sp³-hybridized carbons (Fsp3) is 0. The van der Waals surface area contributed by atoms with Gasteiger partial charge >= 0.3 is 0 Å². The Bertz CT molecular complexity index is 1470. The quantitative estimate of drug-likeness (QED) is 0.295. The molecule has 0 amide bonds. The van der Waals surface area contributed by atoms with Crippen LogP contribution in [0.15, 0.2) is 96.0 Å². The van der Waals surface area contributed by atoms with Gasteiger partial charge in [0.25, 0.3) is 0 Å². The number of rotatable bonds is 3. The van der Waals surface area contributed by atoms with Crippen LogP contribution in [0.2, 0.25) is 5.02 Å². The van der Waals surface area contributed by atoms with Crippen LogP contribution in [0.3, 0.4) is 0 Å². The van der Waals surface area contributed by atoms with E-state index in [1.807, 2.05) is 66.7 Å². The van der Waals surface area contributed by atoms with E-state index in [1.54, 1.807) is 30.5 Å². The first-order chi connectivity index (χ1) is 15.1. The summed E-state index contributed by atoms with van der Waals surface area (Å²) in [7, 11) is 0. The molecule has 3 nitrogen and oxygen atoms in total. The Morgan fingerprint density at radius 1 is 0.645 bits per heavy atom. The minimum absolute atomic E-state index is 0.100. The molecule has 0 aliphatic rings. The van der Waals surface area contributed by atoms with Crippen molar-refractivity contribution in [1.82, 2.24) is 0 Å². The molecule has 5 aromatic rings. The van der Waals surface area contributed by atoms with Gasteiger partial charge in [-0.15, -0.1) is 0 Å². The maximum Gasteiger partial charge on any atom is 0.124 e. The maximum atomic E-state index is 10.9. The third-order valence-electron chi connectivity index (χ3n) is 5.40. The minimum atomic E-state index is 0.100. The number of hydrogen-bond donors (Lipinski definition) is 2. The fourth-order valence-electron chi connectivity index (χ4n) is 3.92. The molecule has 0 aromatic heterocycles. The minimum Gasteiger partial charge on any atom is -0.507 e. The topological polar surface area (TPSA) is 52.8 Å². The van der Waals surface area contributed by atoms with E-state index in [0.29, 0.717) is 16.3 Å². The molecule has 0 aliphatic heterocycles. The van der Waals surface area contributed by atoms with Crippen LogP contribution >= 0.6 is 11.6 Å². The van der Waals surface area contributed by atoms with Crippen molar-refractivity contribution in [1.29, 1.82) is 0 Å². The molecule has 0 radical (unpaired) electrons. The van der Waals surface area contributed by atoms with E-state index in [2.05, 4.69) is 0 Å². The van der Waals surface area contributed by atoms with Gasteiger partial charge in [-0.1, -0.05) is 72.3 Å². The zero-order valence-electron chi connectivity index (χ0n) is 16.5. The highest BCUT2D eigenvalue weighted by molar-refractivity contribution is 6.31. The molecule has 0 atom stereocenters. The molecule has 0 fully saturated rings. The molecule has 5 rings (SSSR count). The van der Waals surface area contributed by atoms with Crippen LogP contribution in [0, 0.1) is 0 Å². The maximum absolute atomic E-state index is 10.9. The number of halogens is 1. The molecular weight excluding hydrogens is 406 g/mol. The lowest BCUT2D eigenvalue weighted by Crippen LogP contribution is -1.88. The summed E-state index contributed by atoms with van der Waals surface area (Å²) in [5, 5.41) is 25.6. The van der Waals surface area contributed by atoms with Crippen LogP contribution in [-0.2, 0) is 0 Å². The van der Waals surface area contributed by atoms with Gasteiger partial charge in [-0.3, -0.25) is 4.99 Å². The first-order valence-electron chi connectivity index (χ1n) is 9.87. The van der Waals surface area contributed by atoms with Gasteiger partial charge in [0.2, 0.25) is 0 Å². The van der Waals surface area contributed by atoms with Crippen LogP contribution in [-0.4, -0.2) is 16.4 Å². The van der Waals surface area contributed by atoms with Crippen molar-refractivity contribution in [3.05, 3.63) is 102 Å². The SMILES string of the molecule is Oc1ccc(Cl)cc1C=Nc1ccc2ccccc2c1-c1c(O)ccc2ccccc12. The van der Waals surface area contributed by atoms with Gasteiger partial charge in [0.15, 0.2) is 0 Å². The first-order valence-corrected chi connectivity index (χ1v) is 10.2. The van der Waals surface area contributed by atoms with E-state index in [0.717, 1.165) is 32.7 Å². The summed E-state index contributed by atoms with van der Waals surface area (Å²) in [6.07, 6.45) is 1.59. The van der Waals surface area contributed by atoms with Crippen LogP contribution in [0.25, 0.3) is 32.7 Å². The summed E-state index contributed by atoms with van der Waals surface area (Å²) in [6.45, 7) is 0. The zero-order chi connectivity index (χ0) is 21.4. The molecular formula is C27H18ClNO2. The molecule has 0 saturated heterocycles. The number of aliphatic imine (C=N–C) groups is 1. The predicted molar refractivity (Wildman–Crippen MR) is 129 cm³/mol. The van der Waals surface area contributed by atoms with Gasteiger partial charge in [0.05, 0.1) is 5.69 Å². The monoisotopic (exact) mass is 423 g/mol. The Morgan fingerprint density at radius 3 is 2.00 bits per heavy atom. The largest absolute Gasteiger partial charge is 0.507 e. The van der Waals surface area contributed by atoms with Crippen LogP contribution < -0.4 is 0 Å². The van der Waals surface area contributed by atoms with E-state index in [1.165, 1.54) is 0 Å². The molecule has 0 unspecified atom stereocenters. The first kappa shape index (κ1) is 19.2. The molecule has 4 heteroatoms. The van der Waals surface area contributed by atoms with Crippen molar-refractivity contribution in [3.63, 3.8) is 0 Å². The Labute approximate surface area is 184 Å². The van der Waals surface area contributed by atoms with Crippen LogP contribution in [0.1, 0.15) is 5.56 Å². The van der Waals surface area contributed by atoms with Gasteiger partial charge in [0, 0.05) is 27.9 Å². The van der Waals surface area contributed by atoms with E-state index in [4.69, 9.17) is 16.6 Å². The van der Waals surface area contributed by atoms with E-state index in [9.17, 15) is 10.2 Å². The summed E-state index contributed by atoms with van der Waals surface area (Å²) in [5.41, 5.74) is 2.78. The highest BCUT2D eigenvalue weighted by Gasteiger charge is 2.16. The zero-order valence-corrected chi connectivity index (χ0v) is 17.2. The van der Waals surface area contributed by atoms with Crippen molar-refractivity contribution >= 4 is 45.0 Å². The fourth-order valence-corrected chi connectivity index (χ4v) is 4.10. The second kappa shape index (κ2) is 7.78. The molecule has 0 heterocycles. The van der Waals surface area contributed by atoms with E-state index >= 15 is 0 Å². The van der Waals surface area contributed by atoms with Gasteiger partial charge < -0.3 is 10.2 Å². The molecule has 0 spiro atoms. The molecule has 2 N–H and O–H groups in total. The Hall–Kier alpha value is -3.82. The lowest BCUT2D eigenvalue weighted by Gasteiger charge is -2.15. The highest BCUT2D eigenvalue weighted by atomic mass is 35.5. The number of fused-ring (bicyclic) bond motifs is 2. The molecule has 150 valence electrons. The number of phenolic OH excluding ortho intramolecular Hbond substituents is 2. The van der Waals surface area contributed by atoms with Crippen molar-refractivity contribution in [3.8, 4) is 22.6 Å². The van der Waals surface area contributed by atoms with E-state index < -0.39 is 0 Å². The summed E-state index contributed by atoms with van der Waals surface area (Å²) in [6, 6.07) is 28.4. The smallest absolute Gasteiger partial charge is 0.124 e. The normalized spacial score (nSPS) is 11.5. The molecule has 5 aromatic carbocycles. The molecule has 0 aliphatic carbocycles. The van der Waals surface area contributed by atoms with Crippen molar-refractivity contribution in [2.75, 3.05) is 0 Å². The van der Waals surface area contributed by atoms with Crippen molar-refractivity contribution < 1.29 is 10.2 Å². The summed E-state index contributed by atoms with van der Waals surface area (Å²) < 4.78 is 0. The van der Waals surface area contributed by atoms with Crippen LogP contribution in [0.4, 0.5) is 5.69 Å². The third kappa shape index (κ3) is 3.49.